The number of benzene rings is 6. The Morgan fingerprint density at radius 1 is 0.488 bits per heavy atom. The summed E-state index contributed by atoms with van der Waals surface area (Å²) >= 11 is 0. The molecule has 0 radical (unpaired) electrons. The molecule has 0 atom stereocenters. The molecule has 0 unspecified atom stereocenters. The van der Waals surface area contributed by atoms with Crippen molar-refractivity contribution in [3.8, 4) is 11.1 Å². The summed E-state index contributed by atoms with van der Waals surface area (Å²) in [4.78, 5) is 4.57. The van der Waals surface area contributed by atoms with Crippen molar-refractivity contribution in [2.75, 3.05) is 16.8 Å². The molecule has 0 aliphatic carbocycles. The SMILES string of the molecule is C=CC.Cc1cccc(N(C)c2ccc(N(c3cccc(-c4ccccc4)c3)c3ccc4ccccc4c3)cc2)c1. The number of rotatable bonds is 6. The maximum atomic E-state index is 3.36. The number of hydrogen-bond donors (Lipinski definition) is 0. The first-order valence-corrected chi connectivity index (χ1v) is 14.0. The average molecular weight is 533 g/mol. The average Bonchev–Trinajstić information content (AvgIpc) is 3.02. The second kappa shape index (κ2) is 12.8. The van der Waals surface area contributed by atoms with Gasteiger partial charge in [-0.2, -0.15) is 0 Å². The van der Waals surface area contributed by atoms with Gasteiger partial charge in [0.2, 0.25) is 0 Å². The van der Waals surface area contributed by atoms with E-state index in [1.807, 2.05) is 6.92 Å². The zero-order chi connectivity index (χ0) is 28.6. The lowest BCUT2D eigenvalue weighted by atomic mass is 10.0. The van der Waals surface area contributed by atoms with Crippen LogP contribution in [-0.2, 0) is 0 Å². The lowest BCUT2D eigenvalue weighted by Gasteiger charge is -2.27. The first-order chi connectivity index (χ1) is 20.1. The third-order valence-electron chi connectivity index (χ3n) is 7.09. The van der Waals surface area contributed by atoms with E-state index < -0.39 is 0 Å². The monoisotopic (exact) mass is 532 g/mol. The van der Waals surface area contributed by atoms with E-state index >= 15 is 0 Å². The highest BCUT2D eigenvalue weighted by molar-refractivity contribution is 5.90. The van der Waals surface area contributed by atoms with Crippen LogP contribution >= 0.6 is 0 Å². The molecule has 6 aromatic rings. The molecule has 41 heavy (non-hydrogen) atoms. The van der Waals surface area contributed by atoms with Crippen molar-refractivity contribution in [3.63, 3.8) is 0 Å². The Morgan fingerprint density at radius 2 is 1.05 bits per heavy atom. The van der Waals surface area contributed by atoms with Crippen molar-refractivity contribution >= 4 is 39.2 Å². The zero-order valence-corrected chi connectivity index (χ0v) is 24.0. The molecule has 0 N–H and O–H groups in total. The standard InChI is InChI=1S/C36H30N2.C3H6/c1-27-10-8-16-34(24-27)37(2)32-20-22-33(23-21-32)38(36-19-18-29-13-6-7-14-30(29)26-36)35-17-9-15-31(25-35)28-11-4-3-5-12-28;1-3-2/h3-26H,1-2H3;3H,1H2,2H3. The van der Waals surface area contributed by atoms with Crippen LogP contribution in [0.25, 0.3) is 21.9 Å². The van der Waals surface area contributed by atoms with Crippen LogP contribution in [-0.4, -0.2) is 7.05 Å². The van der Waals surface area contributed by atoms with Crippen molar-refractivity contribution in [2.24, 2.45) is 0 Å². The van der Waals surface area contributed by atoms with Gasteiger partial charge in [-0.25, -0.2) is 0 Å². The summed E-state index contributed by atoms with van der Waals surface area (Å²) in [7, 11) is 2.12. The van der Waals surface area contributed by atoms with E-state index in [0.717, 1.165) is 22.7 Å². The molecule has 2 nitrogen and oxygen atoms in total. The van der Waals surface area contributed by atoms with Gasteiger partial charge in [0, 0.05) is 35.5 Å². The number of anilines is 5. The van der Waals surface area contributed by atoms with Gasteiger partial charge in [0.15, 0.2) is 0 Å². The Hall–Kier alpha value is -5.08. The Morgan fingerprint density at radius 3 is 1.78 bits per heavy atom. The lowest BCUT2D eigenvalue weighted by molar-refractivity contribution is 1.20. The summed E-state index contributed by atoms with van der Waals surface area (Å²) in [5.41, 5.74) is 9.37. The van der Waals surface area contributed by atoms with Crippen LogP contribution in [0.5, 0.6) is 0 Å². The van der Waals surface area contributed by atoms with E-state index in [-0.39, 0.29) is 0 Å². The van der Waals surface area contributed by atoms with Crippen molar-refractivity contribution in [1.29, 1.82) is 0 Å². The number of allylic oxidation sites excluding steroid dienone is 1. The molecule has 0 saturated carbocycles. The van der Waals surface area contributed by atoms with E-state index in [0.29, 0.717) is 0 Å². The highest BCUT2D eigenvalue weighted by atomic mass is 15.1. The van der Waals surface area contributed by atoms with Crippen molar-refractivity contribution < 1.29 is 0 Å². The number of fused-ring (bicyclic) bond motifs is 1. The van der Waals surface area contributed by atoms with Crippen molar-refractivity contribution in [2.45, 2.75) is 13.8 Å². The lowest BCUT2D eigenvalue weighted by Crippen LogP contribution is -2.12. The van der Waals surface area contributed by atoms with E-state index in [9.17, 15) is 0 Å². The Balaban J connectivity index is 0.00000108. The minimum absolute atomic E-state index is 1.12. The predicted octanol–water partition coefficient (Wildman–Crippen LogP) is 11.2. The molecule has 0 aliphatic rings. The van der Waals surface area contributed by atoms with Crippen molar-refractivity contribution in [1.82, 2.24) is 0 Å². The largest absolute Gasteiger partial charge is 0.345 e. The molecule has 0 bridgehead atoms. The van der Waals surface area contributed by atoms with E-state index in [4.69, 9.17) is 0 Å². The van der Waals surface area contributed by atoms with Gasteiger partial charge < -0.3 is 9.80 Å². The highest BCUT2D eigenvalue weighted by Crippen LogP contribution is 2.38. The second-order valence-electron chi connectivity index (χ2n) is 10.1. The van der Waals surface area contributed by atoms with Gasteiger partial charge in [0.05, 0.1) is 0 Å². The normalized spacial score (nSPS) is 10.4. The Labute approximate surface area is 244 Å². The summed E-state index contributed by atoms with van der Waals surface area (Å²) < 4.78 is 0. The van der Waals surface area contributed by atoms with Crippen LogP contribution in [0.3, 0.4) is 0 Å². The fraction of sp³-hybridized carbons (Fsp3) is 0.0769. The molecule has 0 amide bonds. The van der Waals surface area contributed by atoms with Crippen LogP contribution in [0.1, 0.15) is 12.5 Å². The van der Waals surface area contributed by atoms with Crippen molar-refractivity contribution in [3.05, 3.63) is 164 Å². The summed E-state index contributed by atoms with van der Waals surface area (Å²) in [6.45, 7) is 7.38. The first kappa shape index (κ1) is 27.5. The minimum atomic E-state index is 1.12. The van der Waals surface area contributed by atoms with Gasteiger partial charge in [0.25, 0.3) is 0 Å². The van der Waals surface area contributed by atoms with Gasteiger partial charge in [-0.3, -0.25) is 0 Å². The number of nitrogens with zero attached hydrogens (tertiary/aromatic N) is 2. The molecule has 0 heterocycles. The molecule has 0 saturated heterocycles. The topological polar surface area (TPSA) is 6.48 Å². The maximum absolute atomic E-state index is 3.36. The van der Waals surface area contributed by atoms with Gasteiger partial charge in [0.1, 0.15) is 0 Å². The molecule has 0 fully saturated rings. The summed E-state index contributed by atoms with van der Waals surface area (Å²) in [6.07, 6.45) is 1.75. The third kappa shape index (κ3) is 6.40. The molecule has 6 rings (SSSR count). The van der Waals surface area contributed by atoms with E-state index in [2.05, 4.69) is 176 Å². The second-order valence-corrected chi connectivity index (χ2v) is 10.1. The summed E-state index contributed by atoms with van der Waals surface area (Å²) in [5.74, 6) is 0. The molecule has 0 spiro atoms. The number of hydrogen-bond acceptors (Lipinski definition) is 2. The van der Waals surface area contributed by atoms with E-state index in [1.165, 1.54) is 33.2 Å². The van der Waals surface area contributed by atoms with E-state index in [1.54, 1.807) is 6.08 Å². The smallest absolute Gasteiger partial charge is 0.0468 e. The predicted molar refractivity (Wildman–Crippen MR) is 179 cm³/mol. The molecule has 0 aliphatic heterocycles. The summed E-state index contributed by atoms with van der Waals surface area (Å²) in [5, 5.41) is 2.47. The van der Waals surface area contributed by atoms with Crippen LogP contribution in [0.2, 0.25) is 0 Å². The van der Waals surface area contributed by atoms with Crippen LogP contribution < -0.4 is 9.80 Å². The van der Waals surface area contributed by atoms with Crippen LogP contribution in [0.15, 0.2) is 158 Å². The quantitative estimate of drug-likeness (QED) is 0.197. The molecule has 6 aromatic carbocycles. The van der Waals surface area contributed by atoms with Crippen LogP contribution in [0, 0.1) is 6.92 Å². The molecular weight excluding hydrogens is 496 g/mol. The molecule has 2 heteroatoms. The highest BCUT2D eigenvalue weighted by Gasteiger charge is 2.15. The van der Waals surface area contributed by atoms with Gasteiger partial charge in [-0.05, 0) is 102 Å². The Kier molecular flexibility index (Phi) is 8.61. The van der Waals surface area contributed by atoms with Crippen LogP contribution in [0.4, 0.5) is 28.4 Å². The Bertz CT molecular complexity index is 1740. The molecule has 0 aromatic heterocycles. The first-order valence-electron chi connectivity index (χ1n) is 14.0. The third-order valence-corrected chi connectivity index (χ3v) is 7.09. The molecular formula is C39H36N2. The zero-order valence-electron chi connectivity index (χ0n) is 24.0. The van der Waals surface area contributed by atoms with Gasteiger partial charge >= 0.3 is 0 Å². The maximum Gasteiger partial charge on any atom is 0.0468 e. The van der Waals surface area contributed by atoms with Gasteiger partial charge in [-0.1, -0.05) is 91.0 Å². The molecule has 202 valence electrons. The number of aryl methyl sites for hydroxylation is 1. The summed E-state index contributed by atoms with van der Waals surface area (Å²) in [6, 6.07) is 52.0. The van der Waals surface area contributed by atoms with Gasteiger partial charge in [-0.15, -0.1) is 6.58 Å². The fourth-order valence-corrected chi connectivity index (χ4v) is 5.03. The minimum Gasteiger partial charge on any atom is -0.345 e. The fourth-order valence-electron chi connectivity index (χ4n) is 5.03.